The normalized spacial score (nSPS) is 10.4. The quantitative estimate of drug-likeness (QED) is 0.653. The molecule has 5 nitrogen and oxygen atoms in total. The maximum Gasteiger partial charge on any atom is 0.346 e. The van der Waals surface area contributed by atoms with Crippen molar-refractivity contribution in [2.75, 3.05) is 0 Å². The van der Waals surface area contributed by atoms with Crippen LogP contribution in [0.15, 0.2) is 33.7 Å². The van der Waals surface area contributed by atoms with E-state index in [1.165, 1.54) is 35.4 Å². The van der Waals surface area contributed by atoms with E-state index in [-0.39, 0.29) is 5.56 Å². The van der Waals surface area contributed by atoms with Gasteiger partial charge in [-0.15, -0.1) is 11.3 Å². The first-order chi connectivity index (χ1) is 8.16. The van der Waals surface area contributed by atoms with E-state index < -0.39 is 5.97 Å². The molecule has 0 aromatic carbocycles. The van der Waals surface area contributed by atoms with Crippen LogP contribution in [0.2, 0.25) is 0 Å². The molecule has 0 saturated carbocycles. The Morgan fingerprint density at radius 1 is 1.53 bits per heavy atom. The number of carboxylic acid groups (broad SMARTS) is 1. The standard InChI is InChI=1S/C10H8N2O3S2/c13-7-1-3-11-10(12-7)17-5-6-2-4-16-8(6)9(14)15/h1-4H,5H2,(H,14,15)(H,11,12,13). The van der Waals surface area contributed by atoms with Crippen molar-refractivity contribution in [2.24, 2.45) is 0 Å². The van der Waals surface area contributed by atoms with Crippen LogP contribution in [0.5, 0.6) is 0 Å². The van der Waals surface area contributed by atoms with Crippen molar-refractivity contribution in [2.45, 2.75) is 10.9 Å². The average molecular weight is 268 g/mol. The van der Waals surface area contributed by atoms with Gasteiger partial charge in [0.15, 0.2) is 5.16 Å². The fraction of sp³-hybridized carbons (Fsp3) is 0.100. The fourth-order valence-electron chi connectivity index (χ4n) is 1.21. The number of nitrogens with one attached hydrogen (secondary N) is 1. The molecule has 88 valence electrons. The summed E-state index contributed by atoms with van der Waals surface area (Å²) >= 11 is 2.49. The topological polar surface area (TPSA) is 83.0 Å². The number of aromatic carboxylic acids is 1. The van der Waals surface area contributed by atoms with Gasteiger partial charge in [-0.3, -0.25) is 4.79 Å². The minimum absolute atomic E-state index is 0.216. The molecular formula is C10H8N2O3S2. The summed E-state index contributed by atoms with van der Waals surface area (Å²) in [6, 6.07) is 3.10. The Morgan fingerprint density at radius 2 is 2.35 bits per heavy atom. The molecule has 7 heteroatoms. The molecule has 0 bridgehead atoms. The molecular weight excluding hydrogens is 260 g/mol. The third kappa shape index (κ3) is 2.95. The van der Waals surface area contributed by atoms with Crippen molar-refractivity contribution in [1.29, 1.82) is 0 Å². The molecule has 2 aromatic rings. The van der Waals surface area contributed by atoms with Crippen LogP contribution in [0.4, 0.5) is 0 Å². The van der Waals surface area contributed by atoms with Crippen LogP contribution >= 0.6 is 23.1 Å². The maximum atomic E-state index is 11.0. The number of rotatable bonds is 4. The van der Waals surface area contributed by atoms with Gasteiger partial charge in [0.25, 0.3) is 5.56 Å². The summed E-state index contributed by atoms with van der Waals surface area (Å²) in [5, 5.41) is 11.1. The van der Waals surface area contributed by atoms with Crippen molar-refractivity contribution in [3.8, 4) is 0 Å². The van der Waals surface area contributed by atoms with Crippen molar-refractivity contribution >= 4 is 29.1 Å². The highest BCUT2D eigenvalue weighted by Crippen LogP contribution is 2.24. The minimum atomic E-state index is -0.926. The van der Waals surface area contributed by atoms with Gasteiger partial charge in [0.1, 0.15) is 4.88 Å². The molecule has 0 unspecified atom stereocenters. The van der Waals surface area contributed by atoms with Crippen LogP contribution in [0.1, 0.15) is 15.2 Å². The summed E-state index contributed by atoms with van der Waals surface area (Å²) in [5.74, 6) is -0.455. The largest absolute Gasteiger partial charge is 0.477 e. The van der Waals surface area contributed by atoms with Crippen LogP contribution in [0.3, 0.4) is 0 Å². The molecule has 0 saturated heterocycles. The lowest BCUT2D eigenvalue weighted by atomic mass is 10.3. The third-order valence-electron chi connectivity index (χ3n) is 1.95. The zero-order valence-electron chi connectivity index (χ0n) is 8.54. The smallest absolute Gasteiger partial charge is 0.346 e. The van der Waals surface area contributed by atoms with E-state index in [1.54, 1.807) is 11.4 Å². The van der Waals surface area contributed by atoms with Crippen LogP contribution < -0.4 is 5.56 Å². The van der Waals surface area contributed by atoms with E-state index >= 15 is 0 Å². The van der Waals surface area contributed by atoms with Gasteiger partial charge >= 0.3 is 5.97 Å². The predicted molar refractivity (Wildman–Crippen MR) is 65.7 cm³/mol. The summed E-state index contributed by atoms with van der Waals surface area (Å²) in [6.45, 7) is 0. The van der Waals surface area contributed by atoms with Gasteiger partial charge in [-0.2, -0.15) is 0 Å². The van der Waals surface area contributed by atoms with Crippen LogP contribution in [0, 0.1) is 0 Å². The van der Waals surface area contributed by atoms with E-state index in [1.807, 2.05) is 0 Å². The van der Waals surface area contributed by atoms with E-state index in [0.717, 1.165) is 5.56 Å². The summed E-state index contributed by atoms with van der Waals surface area (Å²) in [5.41, 5.74) is 0.519. The molecule has 0 spiro atoms. The van der Waals surface area contributed by atoms with E-state index in [9.17, 15) is 9.59 Å². The SMILES string of the molecule is O=C(O)c1sccc1CSc1nccc(=O)[nH]1. The number of carbonyl (C=O) groups is 1. The number of thiophene rings is 1. The Hall–Kier alpha value is -1.60. The molecule has 2 aromatic heterocycles. The Kier molecular flexibility index (Phi) is 3.60. The van der Waals surface area contributed by atoms with Crippen LogP contribution in [-0.4, -0.2) is 21.0 Å². The van der Waals surface area contributed by atoms with Gasteiger partial charge in [0.05, 0.1) is 0 Å². The Bertz CT molecular complexity index is 591. The van der Waals surface area contributed by atoms with Gasteiger partial charge in [-0.25, -0.2) is 9.78 Å². The van der Waals surface area contributed by atoms with Gasteiger partial charge < -0.3 is 10.1 Å². The number of carboxylic acids is 1. The number of aromatic nitrogens is 2. The monoisotopic (exact) mass is 268 g/mol. The van der Waals surface area contributed by atoms with E-state index in [4.69, 9.17) is 5.11 Å². The number of thioether (sulfide) groups is 1. The summed E-state index contributed by atoms with van der Waals surface area (Å²) in [7, 11) is 0. The average Bonchev–Trinajstić information content (AvgIpc) is 2.74. The lowest BCUT2D eigenvalue weighted by Crippen LogP contribution is -2.05. The maximum absolute atomic E-state index is 11.0. The number of aromatic amines is 1. The van der Waals surface area contributed by atoms with Gasteiger partial charge in [0, 0.05) is 18.0 Å². The van der Waals surface area contributed by atoms with Crippen LogP contribution in [-0.2, 0) is 5.75 Å². The summed E-state index contributed by atoms with van der Waals surface area (Å²) in [6.07, 6.45) is 1.42. The van der Waals surface area contributed by atoms with Crippen molar-refractivity contribution in [3.05, 3.63) is 44.5 Å². The Labute approximate surface area is 105 Å². The minimum Gasteiger partial charge on any atom is -0.477 e. The molecule has 2 rings (SSSR count). The van der Waals surface area contributed by atoms with Gasteiger partial charge in [0.2, 0.25) is 0 Å². The van der Waals surface area contributed by atoms with Gasteiger partial charge in [-0.1, -0.05) is 11.8 Å². The molecule has 0 atom stereocenters. The first-order valence-electron chi connectivity index (χ1n) is 4.64. The number of hydrogen-bond acceptors (Lipinski definition) is 5. The zero-order valence-corrected chi connectivity index (χ0v) is 10.2. The molecule has 0 aliphatic heterocycles. The predicted octanol–water partition coefficient (Wildman–Crippen LogP) is 1.82. The fourth-order valence-corrected chi connectivity index (χ4v) is 2.90. The number of H-pyrrole nitrogens is 1. The number of hydrogen-bond donors (Lipinski definition) is 2. The Morgan fingerprint density at radius 3 is 3.06 bits per heavy atom. The molecule has 2 N–H and O–H groups in total. The summed E-state index contributed by atoms with van der Waals surface area (Å²) in [4.78, 5) is 28.8. The highest BCUT2D eigenvalue weighted by atomic mass is 32.2. The Balaban J connectivity index is 2.10. The molecule has 0 fully saturated rings. The molecule has 0 aliphatic carbocycles. The first kappa shape index (κ1) is 11.9. The third-order valence-corrected chi connectivity index (χ3v) is 3.83. The van der Waals surface area contributed by atoms with E-state index in [2.05, 4.69) is 9.97 Å². The van der Waals surface area contributed by atoms with E-state index in [0.29, 0.717) is 15.8 Å². The molecule has 2 heterocycles. The highest BCUT2D eigenvalue weighted by Gasteiger charge is 2.11. The highest BCUT2D eigenvalue weighted by molar-refractivity contribution is 7.98. The second-order valence-electron chi connectivity index (χ2n) is 3.11. The molecule has 0 radical (unpaired) electrons. The summed E-state index contributed by atoms with van der Waals surface area (Å²) < 4.78 is 0. The van der Waals surface area contributed by atoms with Crippen molar-refractivity contribution in [3.63, 3.8) is 0 Å². The zero-order chi connectivity index (χ0) is 12.3. The molecule has 0 amide bonds. The van der Waals surface area contributed by atoms with Gasteiger partial charge in [-0.05, 0) is 17.0 Å². The van der Waals surface area contributed by atoms with Crippen LogP contribution in [0.25, 0.3) is 0 Å². The lowest BCUT2D eigenvalue weighted by Gasteiger charge is -1.99. The van der Waals surface area contributed by atoms with Crippen molar-refractivity contribution < 1.29 is 9.90 Å². The van der Waals surface area contributed by atoms with Crippen molar-refractivity contribution in [1.82, 2.24) is 9.97 Å². The number of nitrogens with zero attached hydrogens (tertiary/aromatic N) is 1. The molecule has 17 heavy (non-hydrogen) atoms. The second-order valence-corrected chi connectivity index (χ2v) is 4.99. The molecule has 0 aliphatic rings. The first-order valence-corrected chi connectivity index (χ1v) is 6.51. The lowest BCUT2D eigenvalue weighted by molar-refractivity contribution is 0.0701. The second kappa shape index (κ2) is 5.15.